The van der Waals surface area contributed by atoms with E-state index in [0.717, 1.165) is 0 Å². The lowest BCUT2D eigenvalue weighted by Crippen LogP contribution is -2.17. The molecular weight excluding hydrogens is 134 g/mol. The average molecular weight is 143 g/mol. The Kier molecular flexibility index (Phi) is 3.46. The van der Waals surface area contributed by atoms with Crippen molar-refractivity contribution in [2.45, 2.75) is 26.3 Å². The Bertz CT molecular complexity index is 164. The van der Waals surface area contributed by atoms with Crippen LogP contribution in [0.3, 0.4) is 0 Å². The maximum absolute atomic E-state index is 10.5. The Balaban J connectivity index is 3.96. The first kappa shape index (κ1) is 8.94. The molecule has 0 saturated carbocycles. The maximum Gasteiger partial charge on any atom is 0.158 e. The van der Waals surface area contributed by atoms with Gasteiger partial charge in [0.05, 0.1) is 0 Å². The number of Topliss-reactive ketones (excluding diaryl/α,β-unsaturated/α-hetero) is 2. The zero-order valence-electron chi connectivity index (χ0n) is 5.96. The molecule has 0 rings (SSSR count). The fourth-order valence-electron chi connectivity index (χ4n) is 0.528. The maximum atomic E-state index is 10.5. The zero-order chi connectivity index (χ0) is 8.15. The minimum absolute atomic E-state index is 0.0706. The minimum atomic E-state index is -0.975. The molecule has 0 fully saturated rings. The molecule has 0 spiro atoms. The summed E-state index contributed by atoms with van der Waals surface area (Å²) in [6.07, 6.45) is -0.0706. The molecule has 0 aromatic heterocycles. The standard InChI is InChI=1S/C6H9NO3/c1-4(8)3-6(7-10)5(2)9/h6H,3H2,1-2H3. The number of hydrogen-bond acceptors (Lipinski definition) is 4. The lowest BCUT2D eigenvalue weighted by Gasteiger charge is -1.98. The fraction of sp³-hybridized carbons (Fsp3) is 0.667. The summed E-state index contributed by atoms with van der Waals surface area (Å²) in [5.41, 5.74) is 0. The molecule has 4 heteroatoms. The molecule has 0 saturated heterocycles. The van der Waals surface area contributed by atoms with E-state index < -0.39 is 6.04 Å². The summed E-state index contributed by atoms with van der Waals surface area (Å²) in [5.74, 6) is -0.551. The first-order valence-corrected chi connectivity index (χ1v) is 2.90. The van der Waals surface area contributed by atoms with Gasteiger partial charge in [-0.1, -0.05) is 5.18 Å². The van der Waals surface area contributed by atoms with Crippen molar-refractivity contribution in [3.05, 3.63) is 4.91 Å². The first-order valence-electron chi connectivity index (χ1n) is 2.90. The number of carbonyl (C=O) groups is 2. The van der Waals surface area contributed by atoms with Crippen LogP contribution in [0.2, 0.25) is 0 Å². The molecule has 0 bridgehead atoms. The molecule has 4 nitrogen and oxygen atoms in total. The molecule has 0 radical (unpaired) electrons. The van der Waals surface area contributed by atoms with E-state index in [2.05, 4.69) is 5.18 Å². The molecule has 0 amide bonds. The largest absolute Gasteiger partial charge is 0.300 e. The second-order valence-electron chi connectivity index (χ2n) is 2.14. The van der Waals surface area contributed by atoms with Crippen molar-refractivity contribution in [2.75, 3.05) is 0 Å². The van der Waals surface area contributed by atoms with Gasteiger partial charge in [0, 0.05) is 6.42 Å². The van der Waals surface area contributed by atoms with Gasteiger partial charge in [0.2, 0.25) is 0 Å². The van der Waals surface area contributed by atoms with E-state index in [0.29, 0.717) is 0 Å². The summed E-state index contributed by atoms with van der Waals surface area (Å²) >= 11 is 0. The molecule has 0 aliphatic rings. The van der Waals surface area contributed by atoms with E-state index in [-0.39, 0.29) is 18.0 Å². The third-order valence-corrected chi connectivity index (χ3v) is 1.08. The van der Waals surface area contributed by atoms with E-state index in [4.69, 9.17) is 0 Å². The van der Waals surface area contributed by atoms with Crippen molar-refractivity contribution in [3.63, 3.8) is 0 Å². The summed E-state index contributed by atoms with van der Waals surface area (Å²) in [5, 5.41) is 2.51. The van der Waals surface area contributed by atoms with E-state index in [1.165, 1.54) is 13.8 Å². The van der Waals surface area contributed by atoms with Crippen LogP contribution in [0.4, 0.5) is 0 Å². The predicted octanol–water partition coefficient (Wildman–Crippen LogP) is 0.690. The van der Waals surface area contributed by atoms with Crippen LogP contribution in [0.15, 0.2) is 5.18 Å². The minimum Gasteiger partial charge on any atom is -0.300 e. The monoisotopic (exact) mass is 143 g/mol. The number of nitrogens with zero attached hydrogens (tertiary/aromatic N) is 1. The van der Waals surface area contributed by atoms with Crippen molar-refractivity contribution < 1.29 is 9.59 Å². The van der Waals surface area contributed by atoms with Gasteiger partial charge >= 0.3 is 0 Å². The summed E-state index contributed by atoms with van der Waals surface area (Å²) in [7, 11) is 0. The Morgan fingerprint density at radius 1 is 1.40 bits per heavy atom. The van der Waals surface area contributed by atoms with Crippen LogP contribution in [0.1, 0.15) is 20.3 Å². The van der Waals surface area contributed by atoms with E-state index in [1.54, 1.807) is 0 Å². The van der Waals surface area contributed by atoms with Gasteiger partial charge in [0.25, 0.3) is 0 Å². The summed E-state index contributed by atoms with van der Waals surface area (Å²) in [6.45, 7) is 2.57. The summed E-state index contributed by atoms with van der Waals surface area (Å²) in [6, 6.07) is -0.975. The molecule has 0 heterocycles. The van der Waals surface area contributed by atoms with Gasteiger partial charge in [-0.25, -0.2) is 0 Å². The van der Waals surface area contributed by atoms with Gasteiger partial charge in [0.15, 0.2) is 11.8 Å². The lowest BCUT2D eigenvalue weighted by molar-refractivity contribution is -0.123. The van der Waals surface area contributed by atoms with Crippen molar-refractivity contribution in [1.29, 1.82) is 0 Å². The Morgan fingerprint density at radius 3 is 2.00 bits per heavy atom. The van der Waals surface area contributed by atoms with Crippen molar-refractivity contribution in [1.82, 2.24) is 0 Å². The molecular formula is C6H9NO3. The van der Waals surface area contributed by atoms with Crippen LogP contribution < -0.4 is 0 Å². The van der Waals surface area contributed by atoms with Crippen molar-refractivity contribution in [3.8, 4) is 0 Å². The quantitative estimate of drug-likeness (QED) is 0.544. The zero-order valence-corrected chi connectivity index (χ0v) is 5.96. The third-order valence-electron chi connectivity index (χ3n) is 1.08. The number of hydrogen-bond donors (Lipinski definition) is 0. The average Bonchev–Trinajstić information content (AvgIpc) is 1.81. The fourth-order valence-corrected chi connectivity index (χ4v) is 0.528. The van der Waals surface area contributed by atoms with E-state index in [9.17, 15) is 14.5 Å². The van der Waals surface area contributed by atoms with Crippen LogP contribution >= 0.6 is 0 Å². The van der Waals surface area contributed by atoms with Gasteiger partial charge in [-0.2, -0.15) is 4.91 Å². The molecule has 10 heavy (non-hydrogen) atoms. The highest BCUT2D eigenvalue weighted by Gasteiger charge is 2.15. The van der Waals surface area contributed by atoms with Gasteiger partial charge in [-0.3, -0.25) is 9.59 Å². The Labute approximate surface area is 58.6 Å². The summed E-state index contributed by atoms with van der Waals surface area (Å²) in [4.78, 5) is 30.7. The number of ketones is 2. The van der Waals surface area contributed by atoms with Gasteiger partial charge < -0.3 is 0 Å². The van der Waals surface area contributed by atoms with Crippen molar-refractivity contribution >= 4 is 11.6 Å². The molecule has 0 aromatic carbocycles. The van der Waals surface area contributed by atoms with Gasteiger partial charge in [-0.15, -0.1) is 0 Å². The van der Waals surface area contributed by atoms with Crippen LogP contribution in [0.5, 0.6) is 0 Å². The number of carbonyl (C=O) groups excluding carboxylic acids is 2. The topological polar surface area (TPSA) is 63.6 Å². The highest BCUT2D eigenvalue weighted by Crippen LogP contribution is 1.99. The molecule has 1 atom stereocenters. The molecule has 0 aliphatic heterocycles. The highest BCUT2D eigenvalue weighted by molar-refractivity contribution is 5.88. The predicted molar refractivity (Wildman–Crippen MR) is 35.6 cm³/mol. The van der Waals surface area contributed by atoms with Crippen molar-refractivity contribution in [2.24, 2.45) is 5.18 Å². The molecule has 1 unspecified atom stereocenters. The molecule has 0 aliphatic carbocycles. The second-order valence-corrected chi connectivity index (χ2v) is 2.14. The second kappa shape index (κ2) is 3.87. The number of nitroso groups, excluding NO2 is 1. The lowest BCUT2D eigenvalue weighted by atomic mass is 10.1. The van der Waals surface area contributed by atoms with Gasteiger partial charge in [-0.05, 0) is 13.8 Å². The Hall–Kier alpha value is -1.06. The SMILES string of the molecule is CC(=O)CC(N=O)C(C)=O. The Morgan fingerprint density at radius 2 is 1.90 bits per heavy atom. The first-order chi connectivity index (χ1) is 4.57. The third kappa shape index (κ3) is 3.06. The van der Waals surface area contributed by atoms with Crippen LogP contribution in [-0.4, -0.2) is 17.6 Å². The molecule has 0 N–H and O–H groups in total. The normalized spacial score (nSPS) is 12.2. The van der Waals surface area contributed by atoms with Crippen LogP contribution in [-0.2, 0) is 9.59 Å². The van der Waals surface area contributed by atoms with E-state index in [1.807, 2.05) is 0 Å². The van der Waals surface area contributed by atoms with Crippen LogP contribution in [0.25, 0.3) is 0 Å². The summed E-state index contributed by atoms with van der Waals surface area (Å²) < 4.78 is 0. The van der Waals surface area contributed by atoms with E-state index >= 15 is 0 Å². The smallest absolute Gasteiger partial charge is 0.158 e. The van der Waals surface area contributed by atoms with Gasteiger partial charge in [0.1, 0.15) is 5.78 Å². The molecule has 0 aromatic rings. The highest BCUT2D eigenvalue weighted by atomic mass is 16.3. The number of rotatable bonds is 4. The van der Waals surface area contributed by atoms with Crippen LogP contribution in [0, 0.1) is 4.91 Å². The molecule has 56 valence electrons.